The summed E-state index contributed by atoms with van der Waals surface area (Å²) in [5.41, 5.74) is 0.642. The predicted molar refractivity (Wildman–Crippen MR) is 127 cm³/mol. The van der Waals surface area contributed by atoms with Crippen LogP contribution in [0, 0.1) is 5.92 Å². The van der Waals surface area contributed by atoms with Crippen molar-refractivity contribution in [3.8, 4) is 5.69 Å². The van der Waals surface area contributed by atoms with E-state index < -0.39 is 23.4 Å². The molecule has 36 heavy (non-hydrogen) atoms. The molecular formula is C22H24ClF3N6O4. The SMILES string of the molecule is O=C(O)C(F)(F)F.O=c1[nH]c(=O)n(CC2CCC2)c2nc(N3CCNCC3)n(-c3ccccc3Cl)c12. The Morgan fingerprint density at radius 3 is 2.36 bits per heavy atom. The summed E-state index contributed by atoms with van der Waals surface area (Å²) < 4.78 is 35.2. The Balaban J connectivity index is 0.000000384. The number of carboxylic acids is 1. The topological polar surface area (TPSA) is 125 Å². The van der Waals surface area contributed by atoms with Crippen LogP contribution >= 0.6 is 11.6 Å². The van der Waals surface area contributed by atoms with Crippen LogP contribution < -0.4 is 21.5 Å². The van der Waals surface area contributed by atoms with Gasteiger partial charge >= 0.3 is 17.8 Å². The van der Waals surface area contributed by atoms with Gasteiger partial charge in [-0.15, -0.1) is 0 Å². The second-order valence-electron chi connectivity index (χ2n) is 8.58. The second-order valence-corrected chi connectivity index (χ2v) is 8.98. The Kier molecular flexibility index (Phi) is 7.41. The molecule has 1 aliphatic carbocycles. The summed E-state index contributed by atoms with van der Waals surface area (Å²) in [5.74, 6) is -1.66. The normalized spacial score (nSPS) is 16.4. The molecule has 1 aliphatic heterocycles. The molecule has 0 bridgehead atoms. The lowest BCUT2D eigenvalue weighted by atomic mass is 9.85. The zero-order chi connectivity index (χ0) is 26.0. The number of piperazine rings is 1. The number of carboxylic acid groups (broad SMARTS) is 1. The molecule has 2 fully saturated rings. The molecule has 0 radical (unpaired) electrons. The van der Waals surface area contributed by atoms with Crippen LogP contribution in [-0.4, -0.2) is 62.5 Å². The Labute approximate surface area is 207 Å². The molecule has 0 unspecified atom stereocenters. The van der Waals surface area contributed by atoms with Gasteiger partial charge in [0.2, 0.25) is 5.95 Å². The first kappa shape index (κ1) is 25.8. The molecule has 1 aromatic carbocycles. The maximum absolute atomic E-state index is 12.9. The van der Waals surface area contributed by atoms with Crippen molar-refractivity contribution in [1.29, 1.82) is 0 Å². The fourth-order valence-electron chi connectivity index (χ4n) is 4.15. The van der Waals surface area contributed by atoms with E-state index in [0.29, 0.717) is 40.3 Å². The number of benzene rings is 1. The number of rotatable bonds is 4. The highest BCUT2D eigenvalue weighted by Gasteiger charge is 2.38. The number of hydrogen-bond acceptors (Lipinski definition) is 6. The summed E-state index contributed by atoms with van der Waals surface area (Å²) in [5, 5.41) is 11.0. The Morgan fingerprint density at radius 1 is 1.17 bits per heavy atom. The van der Waals surface area contributed by atoms with Gasteiger partial charge in [-0.05, 0) is 30.9 Å². The third-order valence-corrected chi connectivity index (χ3v) is 6.50. The molecule has 1 saturated carbocycles. The summed E-state index contributed by atoms with van der Waals surface area (Å²) in [4.78, 5) is 43.9. The number of para-hydroxylation sites is 1. The minimum absolute atomic E-state index is 0.366. The molecule has 3 heterocycles. The van der Waals surface area contributed by atoms with Crippen molar-refractivity contribution in [2.45, 2.75) is 32.0 Å². The number of aliphatic carboxylic acids is 1. The number of hydrogen-bond donors (Lipinski definition) is 3. The van der Waals surface area contributed by atoms with E-state index in [1.54, 1.807) is 15.2 Å². The predicted octanol–water partition coefficient (Wildman–Crippen LogP) is 2.37. The molecular weight excluding hydrogens is 505 g/mol. The molecule has 10 nitrogen and oxygen atoms in total. The first-order valence-corrected chi connectivity index (χ1v) is 11.7. The summed E-state index contributed by atoms with van der Waals surface area (Å²) >= 11 is 6.51. The van der Waals surface area contributed by atoms with Gasteiger partial charge in [0.15, 0.2) is 11.2 Å². The average Bonchev–Trinajstić information content (AvgIpc) is 3.19. The van der Waals surface area contributed by atoms with Gasteiger partial charge in [-0.3, -0.25) is 18.9 Å². The van der Waals surface area contributed by atoms with E-state index in [9.17, 15) is 22.8 Å². The van der Waals surface area contributed by atoms with Crippen LogP contribution in [0.4, 0.5) is 19.1 Å². The van der Waals surface area contributed by atoms with E-state index in [4.69, 9.17) is 26.5 Å². The molecule has 2 aliphatic rings. The maximum atomic E-state index is 12.9. The lowest BCUT2D eigenvalue weighted by Gasteiger charge is -2.28. The van der Waals surface area contributed by atoms with Gasteiger partial charge in [0, 0.05) is 32.7 Å². The molecule has 0 atom stereocenters. The molecule has 14 heteroatoms. The quantitative estimate of drug-likeness (QED) is 0.475. The second kappa shape index (κ2) is 10.3. The first-order valence-electron chi connectivity index (χ1n) is 11.3. The summed E-state index contributed by atoms with van der Waals surface area (Å²) in [6, 6.07) is 7.40. The van der Waals surface area contributed by atoms with Crippen molar-refractivity contribution in [2.24, 2.45) is 5.92 Å². The number of fused-ring (bicyclic) bond motifs is 1. The summed E-state index contributed by atoms with van der Waals surface area (Å²) in [6.07, 6.45) is -1.70. The highest BCUT2D eigenvalue weighted by Crippen LogP contribution is 2.31. The van der Waals surface area contributed by atoms with Crippen molar-refractivity contribution in [3.63, 3.8) is 0 Å². The molecule has 2 aromatic heterocycles. The van der Waals surface area contributed by atoms with Crippen LogP contribution in [0.2, 0.25) is 5.02 Å². The lowest BCUT2D eigenvalue weighted by molar-refractivity contribution is -0.192. The van der Waals surface area contributed by atoms with E-state index in [0.717, 1.165) is 39.0 Å². The Bertz CT molecular complexity index is 1370. The number of aromatic amines is 1. The number of carbonyl (C=O) groups is 1. The Morgan fingerprint density at radius 2 is 1.81 bits per heavy atom. The third-order valence-electron chi connectivity index (χ3n) is 6.18. The lowest BCUT2D eigenvalue weighted by Crippen LogP contribution is -2.44. The molecule has 0 spiro atoms. The van der Waals surface area contributed by atoms with E-state index in [1.807, 2.05) is 18.2 Å². The first-order chi connectivity index (χ1) is 17.1. The van der Waals surface area contributed by atoms with Crippen molar-refractivity contribution < 1.29 is 23.1 Å². The Hall–Kier alpha value is -3.32. The molecule has 3 N–H and O–H groups in total. The van der Waals surface area contributed by atoms with Gasteiger partial charge < -0.3 is 15.3 Å². The van der Waals surface area contributed by atoms with Crippen LogP contribution in [0.1, 0.15) is 19.3 Å². The number of nitrogens with zero attached hydrogens (tertiary/aromatic N) is 4. The van der Waals surface area contributed by atoms with Crippen molar-refractivity contribution in [1.82, 2.24) is 24.4 Å². The number of aromatic nitrogens is 4. The van der Waals surface area contributed by atoms with Crippen LogP contribution in [-0.2, 0) is 11.3 Å². The van der Waals surface area contributed by atoms with Crippen molar-refractivity contribution in [2.75, 3.05) is 31.1 Å². The minimum atomic E-state index is -5.08. The summed E-state index contributed by atoms with van der Waals surface area (Å²) in [6.45, 7) is 3.76. The van der Waals surface area contributed by atoms with Crippen LogP contribution in [0.5, 0.6) is 0 Å². The summed E-state index contributed by atoms with van der Waals surface area (Å²) in [7, 11) is 0. The van der Waals surface area contributed by atoms with Crippen LogP contribution in [0.25, 0.3) is 16.9 Å². The van der Waals surface area contributed by atoms with E-state index in [2.05, 4.69) is 15.2 Å². The standard InChI is InChI=1S/C20H23ClN6O2.C2HF3O2/c21-14-6-1-2-7-15(14)27-16-17(23-19(27)25-10-8-22-9-11-25)26(12-13-4-3-5-13)20(29)24-18(16)28;3-2(4,5)1(6)7/h1-2,6-7,13,22H,3-5,8-12H2,(H,24,28,29);(H,6,7). The van der Waals surface area contributed by atoms with Gasteiger partial charge in [-0.25, -0.2) is 9.59 Å². The maximum Gasteiger partial charge on any atom is 0.490 e. The third kappa shape index (κ3) is 5.26. The van der Waals surface area contributed by atoms with Crippen molar-refractivity contribution >= 4 is 34.7 Å². The van der Waals surface area contributed by atoms with E-state index in [-0.39, 0.29) is 0 Å². The smallest absolute Gasteiger partial charge is 0.475 e. The van der Waals surface area contributed by atoms with Gasteiger partial charge in [0.25, 0.3) is 5.56 Å². The van der Waals surface area contributed by atoms with Crippen LogP contribution in [0.15, 0.2) is 33.9 Å². The highest BCUT2D eigenvalue weighted by atomic mass is 35.5. The zero-order valence-electron chi connectivity index (χ0n) is 19.0. The molecule has 1 saturated heterocycles. The van der Waals surface area contributed by atoms with Crippen LogP contribution in [0.3, 0.4) is 0 Å². The number of anilines is 1. The van der Waals surface area contributed by atoms with E-state index in [1.165, 1.54) is 6.42 Å². The fraction of sp³-hybridized carbons (Fsp3) is 0.455. The van der Waals surface area contributed by atoms with Crippen molar-refractivity contribution in [3.05, 3.63) is 50.1 Å². The highest BCUT2D eigenvalue weighted by molar-refractivity contribution is 6.32. The van der Waals surface area contributed by atoms with Gasteiger partial charge in [0.1, 0.15) is 0 Å². The molecule has 194 valence electrons. The van der Waals surface area contributed by atoms with Gasteiger partial charge in [-0.2, -0.15) is 18.2 Å². The largest absolute Gasteiger partial charge is 0.490 e. The number of imidazole rings is 1. The number of halogens is 4. The van der Waals surface area contributed by atoms with E-state index >= 15 is 0 Å². The van der Waals surface area contributed by atoms with Gasteiger partial charge in [0.05, 0.1) is 10.7 Å². The minimum Gasteiger partial charge on any atom is -0.475 e. The van der Waals surface area contributed by atoms with Gasteiger partial charge in [-0.1, -0.05) is 30.2 Å². The monoisotopic (exact) mass is 528 g/mol. The zero-order valence-corrected chi connectivity index (χ0v) is 19.8. The molecule has 3 aromatic rings. The number of nitrogens with one attached hydrogen (secondary N) is 2. The molecule has 5 rings (SSSR count). The number of alkyl halides is 3. The number of H-pyrrole nitrogens is 1. The average molecular weight is 529 g/mol. The molecule has 0 amide bonds. The fourth-order valence-corrected chi connectivity index (χ4v) is 4.37.